The summed E-state index contributed by atoms with van der Waals surface area (Å²) in [4.78, 5) is 37.3. The van der Waals surface area contributed by atoms with Crippen molar-refractivity contribution in [1.29, 1.82) is 0 Å². The number of aromatic nitrogens is 2. The van der Waals surface area contributed by atoms with Gasteiger partial charge in [0.2, 0.25) is 0 Å². The van der Waals surface area contributed by atoms with Gasteiger partial charge in [0.25, 0.3) is 11.8 Å². The van der Waals surface area contributed by atoms with Crippen LogP contribution in [0.25, 0.3) is 0 Å². The van der Waals surface area contributed by atoms with Gasteiger partial charge in [0.1, 0.15) is 11.2 Å². The molecule has 0 saturated carbocycles. The van der Waals surface area contributed by atoms with Gasteiger partial charge in [-0.2, -0.15) is 5.10 Å². The van der Waals surface area contributed by atoms with Gasteiger partial charge in [-0.3, -0.25) is 20.0 Å². The Hall–Kier alpha value is -2.38. The van der Waals surface area contributed by atoms with Crippen molar-refractivity contribution in [2.45, 2.75) is 38.1 Å². The van der Waals surface area contributed by atoms with Gasteiger partial charge in [0.15, 0.2) is 0 Å². The zero-order valence-electron chi connectivity index (χ0n) is 12.6. The zero-order chi connectivity index (χ0) is 15.9. The van der Waals surface area contributed by atoms with E-state index in [1.165, 1.54) is 0 Å². The number of likely N-dealkylation sites (tertiary alicyclic amines) is 1. The third kappa shape index (κ3) is 2.34. The number of aromatic amines is 1. The smallest absolute Gasteiger partial charge is 0.322 e. The summed E-state index contributed by atoms with van der Waals surface area (Å²) in [5, 5.41) is 11.9. The topological polar surface area (TPSA) is 107 Å². The normalized spacial score (nSPS) is 20.4. The average Bonchev–Trinajstić information content (AvgIpc) is 3.05. The van der Waals surface area contributed by atoms with Crippen molar-refractivity contribution < 1.29 is 14.4 Å². The Kier molecular flexibility index (Phi) is 3.38. The summed E-state index contributed by atoms with van der Waals surface area (Å²) in [6.07, 6.45) is 0.829. The monoisotopic (exact) mass is 305 g/mol. The predicted molar refractivity (Wildman–Crippen MR) is 77.2 cm³/mol. The molecular formula is C14H19N5O3. The van der Waals surface area contributed by atoms with E-state index in [1.54, 1.807) is 11.0 Å². The van der Waals surface area contributed by atoms with Crippen molar-refractivity contribution in [2.24, 2.45) is 0 Å². The highest BCUT2D eigenvalue weighted by atomic mass is 16.2. The fourth-order valence-electron chi connectivity index (χ4n) is 2.88. The lowest BCUT2D eigenvalue weighted by molar-refractivity contribution is -0.125. The van der Waals surface area contributed by atoms with E-state index >= 15 is 0 Å². The quantitative estimate of drug-likeness (QED) is 0.685. The third-order valence-corrected chi connectivity index (χ3v) is 4.36. The first-order valence-electron chi connectivity index (χ1n) is 7.39. The van der Waals surface area contributed by atoms with Crippen LogP contribution in [0.15, 0.2) is 6.07 Å². The van der Waals surface area contributed by atoms with Gasteiger partial charge in [-0.1, -0.05) is 13.8 Å². The van der Waals surface area contributed by atoms with Gasteiger partial charge >= 0.3 is 6.03 Å². The summed E-state index contributed by atoms with van der Waals surface area (Å²) in [7, 11) is 0. The molecule has 1 spiro atoms. The number of imide groups is 1. The Morgan fingerprint density at radius 1 is 1.32 bits per heavy atom. The van der Waals surface area contributed by atoms with Crippen molar-refractivity contribution in [3.8, 4) is 0 Å². The van der Waals surface area contributed by atoms with Crippen molar-refractivity contribution in [3.63, 3.8) is 0 Å². The fourth-order valence-corrected chi connectivity index (χ4v) is 2.88. The minimum Gasteiger partial charge on any atom is -0.337 e. The van der Waals surface area contributed by atoms with Gasteiger partial charge in [-0.25, -0.2) is 4.79 Å². The molecule has 22 heavy (non-hydrogen) atoms. The second kappa shape index (κ2) is 5.11. The molecule has 2 aliphatic rings. The Morgan fingerprint density at radius 3 is 2.50 bits per heavy atom. The fraction of sp³-hybridized carbons (Fsp3) is 0.571. The van der Waals surface area contributed by atoms with E-state index in [4.69, 9.17) is 0 Å². The summed E-state index contributed by atoms with van der Waals surface area (Å²) < 4.78 is 0. The molecule has 3 rings (SSSR count). The minimum atomic E-state index is -0.859. The van der Waals surface area contributed by atoms with Crippen LogP contribution in [0.1, 0.15) is 48.8 Å². The zero-order valence-corrected chi connectivity index (χ0v) is 12.6. The number of hydrogen-bond acceptors (Lipinski definition) is 4. The first kappa shape index (κ1) is 14.6. The number of rotatable bonds is 2. The third-order valence-electron chi connectivity index (χ3n) is 4.36. The van der Waals surface area contributed by atoms with Crippen molar-refractivity contribution in [1.82, 2.24) is 25.7 Å². The Balaban J connectivity index is 1.67. The van der Waals surface area contributed by atoms with Crippen LogP contribution >= 0.6 is 0 Å². The molecule has 118 valence electrons. The molecular weight excluding hydrogens is 286 g/mol. The maximum atomic E-state index is 12.4. The summed E-state index contributed by atoms with van der Waals surface area (Å²) in [6, 6.07) is 1.31. The molecule has 2 fully saturated rings. The molecule has 3 heterocycles. The van der Waals surface area contributed by atoms with Crippen LogP contribution in [0.4, 0.5) is 4.79 Å². The van der Waals surface area contributed by atoms with E-state index in [0.717, 1.165) is 5.69 Å². The number of hydrogen-bond donors (Lipinski definition) is 3. The van der Waals surface area contributed by atoms with Gasteiger partial charge < -0.3 is 10.2 Å². The minimum absolute atomic E-state index is 0.150. The largest absolute Gasteiger partial charge is 0.337 e. The average molecular weight is 305 g/mol. The number of H-pyrrole nitrogens is 1. The second-order valence-electron chi connectivity index (χ2n) is 6.15. The van der Waals surface area contributed by atoms with Crippen molar-refractivity contribution in [2.75, 3.05) is 13.1 Å². The van der Waals surface area contributed by atoms with Crippen LogP contribution in [0.5, 0.6) is 0 Å². The van der Waals surface area contributed by atoms with E-state index < -0.39 is 11.6 Å². The molecule has 0 unspecified atom stereocenters. The number of piperidine rings is 1. The maximum absolute atomic E-state index is 12.4. The molecule has 1 aromatic heterocycles. The summed E-state index contributed by atoms with van der Waals surface area (Å²) >= 11 is 0. The van der Waals surface area contributed by atoms with E-state index in [9.17, 15) is 14.4 Å². The first-order chi connectivity index (χ1) is 10.4. The molecule has 4 amide bonds. The van der Waals surface area contributed by atoms with Gasteiger partial charge in [0, 0.05) is 18.8 Å². The number of nitrogens with one attached hydrogen (secondary N) is 3. The van der Waals surface area contributed by atoms with Crippen LogP contribution in [0, 0.1) is 0 Å². The van der Waals surface area contributed by atoms with E-state index in [-0.39, 0.29) is 17.7 Å². The number of carbonyl (C=O) groups excluding carboxylic acids is 3. The molecule has 0 aromatic carbocycles. The Bertz CT molecular complexity index is 628. The van der Waals surface area contributed by atoms with Crippen molar-refractivity contribution >= 4 is 17.8 Å². The van der Waals surface area contributed by atoms with E-state index in [1.807, 2.05) is 13.8 Å². The van der Waals surface area contributed by atoms with E-state index in [2.05, 4.69) is 20.8 Å². The predicted octanol–water partition coefficient (Wildman–Crippen LogP) is 0.347. The summed E-state index contributed by atoms with van der Waals surface area (Å²) in [6.45, 7) is 4.87. The number of carbonyl (C=O) groups is 3. The molecule has 0 radical (unpaired) electrons. The summed E-state index contributed by atoms with van der Waals surface area (Å²) in [5.41, 5.74) is 0.446. The molecule has 8 nitrogen and oxygen atoms in total. The van der Waals surface area contributed by atoms with Crippen LogP contribution in [-0.4, -0.2) is 51.6 Å². The van der Waals surface area contributed by atoms with Gasteiger partial charge in [-0.15, -0.1) is 0 Å². The van der Waals surface area contributed by atoms with Gasteiger partial charge in [0.05, 0.1) is 0 Å². The van der Waals surface area contributed by atoms with Crippen LogP contribution in [0.3, 0.4) is 0 Å². The first-order valence-corrected chi connectivity index (χ1v) is 7.39. The van der Waals surface area contributed by atoms with Crippen LogP contribution in [-0.2, 0) is 4.79 Å². The standard InChI is InChI=1S/C14H19N5O3/c1-8(2)9-7-10(18-17-9)11(20)19-5-3-14(4-6-19)12(21)15-13(22)16-14/h7-8H,3-6H2,1-2H3,(H,17,18)(H2,15,16,21,22). The molecule has 1 aromatic rings. The number of nitrogens with zero attached hydrogens (tertiary/aromatic N) is 2. The molecule has 3 N–H and O–H groups in total. The molecule has 0 atom stereocenters. The van der Waals surface area contributed by atoms with E-state index in [0.29, 0.717) is 31.6 Å². The molecule has 0 aliphatic carbocycles. The molecule has 0 bridgehead atoms. The van der Waals surface area contributed by atoms with Crippen LogP contribution < -0.4 is 10.6 Å². The molecule has 2 aliphatic heterocycles. The maximum Gasteiger partial charge on any atom is 0.322 e. The number of urea groups is 1. The SMILES string of the molecule is CC(C)c1cc(C(=O)N2CCC3(CC2)NC(=O)NC3=O)n[nH]1. The molecule has 8 heteroatoms. The Labute approximate surface area is 127 Å². The highest BCUT2D eigenvalue weighted by Crippen LogP contribution is 2.26. The lowest BCUT2D eigenvalue weighted by Crippen LogP contribution is -2.55. The van der Waals surface area contributed by atoms with Crippen molar-refractivity contribution in [3.05, 3.63) is 17.5 Å². The van der Waals surface area contributed by atoms with Crippen LogP contribution in [0.2, 0.25) is 0 Å². The highest BCUT2D eigenvalue weighted by Gasteiger charge is 2.48. The van der Waals surface area contributed by atoms with Gasteiger partial charge in [-0.05, 0) is 24.8 Å². The summed E-state index contributed by atoms with van der Waals surface area (Å²) in [5.74, 6) is -0.176. The lowest BCUT2D eigenvalue weighted by Gasteiger charge is -2.36. The second-order valence-corrected chi connectivity index (χ2v) is 6.15. The highest BCUT2D eigenvalue weighted by molar-refractivity contribution is 6.07. The number of amides is 4. The Morgan fingerprint density at radius 2 is 2.00 bits per heavy atom. The molecule has 2 saturated heterocycles. The lowest BCUT2D eigenvalue weighted by atomic mass is 9.87.